The van der Waals surface area contributed by atoms with Crippen LogP contribution in [0, 0.1) is 0 Å². The molecular weight excluding hydrogens is 440 g/mol. The zero-order chi connectivity index (χ0) is 23.1. The van der Waals surface area contributed by atoms with Gasteiger partial charge in [0.15, 0.2) is 0 Å². The molecule has 3 atom stereocenters. The van der Waals surface area contributed by atoms with Crippen LogP contribution < -0.4 is 10.6 Å². The predicted molar refractivity (Wildman–Crippen MR) is 127 cm³/mol. The summed E-state index contributed by atoms with van der Waals surface area (Å²) in [6.45, 7) is 7.13. The highest BCUT2D eigenvalue weighted by Gasteiger charge is 2.36. The molecule has 3 heterocycles. The molecule has 1 aromatic carbocycles. The van der Waals surface area contributed by atoms with Gasteiger partial charge in [-0.25, -0.2) is 9.97 Å². The largest absolute Gasteiger partial charge is 0.387 e. The van der Waals surface area contributed by atoms with Crippen LogP contribution in [-0.4, -0.2) is 82.6 Å². The molecule has 5 rings (SSSR count). The molecule has 8 nitrogen and oxygen atoms in total. The minimum absolute atomic E-state index is 0.147. The Labute approximate surface area is 199 Å². The van der Waals surface area contributed by atoms with Crippen molar-refractivity contribution in [3.63, 3.8) is 0 Å². The molecule has 0 spiro atoms. The molecular formula is C24H31ClN6O2. The lowest BCUT2D eigenvalue weighted by atomic mass is 9.94. The maximum atomic E-state index is 13.6. The van der Waals surface area contributed by atoms with Gasteiger partial charge in [-0.3, -0.25) is 9.69 Å². The lowest BCUT2D eigenvalue weighted by Crippen LogP contribution is -2.58. The fourth-order valence-electron chi connectivity index (χ4n) is 5.35. The van der Waals surface area contributed by atoms with E-state index in [1.165, 1.54) is 0 Å². The smallest absolute Gasteiger partial charge is 0.231 e. The monoisotopic (exact) mass is 470 g/mol. The zero-order valence-electron chi connectivity index (χ0n) is 18.9. The summed E-state index contributed by atoms with van der Waals surface area (Å²) >= 11 is 6.09. The number of amides is 1. The molecule has 9 heteroatoms. The van der Waals surface area contributed by atoms with Gasteiger partial charge in [0.1, 0.15) is 12.1 Å². The van der Waals surface area contributed by atoms with Crippen molar-refractivity contribution < 1.29 is 9.90 Å². The van der Waals surface area contributed by atoms with Gasteiger partial charge in [-0.05, 0) is 30.0 Å². The quantitative estimate of drug-likeness (QED) is 0.686. The van der Waals surface area contributed by atoms with Gasteiger partial charge in [0.25, 0.3) is 0 Å². The maximum absolute atomic E-state index is 13.6. The maximum Gasteiger partial charge on any atom is 0.231 e. The Morgan fingerprint density at radius 1 is 1.18 bits per heavy atom. The summed E-state index contributed by atoms with van der Waals surface area (Å²) in [7, 11) is 0. The highest BCUT2D eigenvalue weighted by Crippen LogP contribution is 2.42. The van der Waals surface area contributed by atoms with Gasteiger partial charge in [0.2, 0.25) is 5.91 Å². The zero-order valence-corrected chi connectivity index (χ0v) is 19.7. The van der Waals surface area contributed by atoms with Gasteiger partial charge < -0.3 is 20.6 Å². The van der Waals surface area contributed by atoms with Crippen LogP contribution in [-0.2, 0) is 4.79 Å². The normalized spacial score (nSPS) is 24.5. The summed E-state index contributed by atoms with van der Waals surface area (Å²) in [5, 5.41) is 11.0. The highest BCUT2D eigenvalue weighted by atomic mass is 35.5. The number of carbonyl (C=O) groups excluding carboxylic acids is 1. The van der Waals surface area contributed by atoms with E-state index >= 15 is 0 Å². The number of carbonyl (C=O) groups is 1. The molecule has 1 aliphatic carbocycles. The number of benzene rings is 1. The second kappa shape index (κ2) is 9.18. The first-order chi connectivity index (χ1) is 15.9. The van der Waals surface area contributed by atoms with Crippen LogP contribution in [0.15, 0.2) is 30.6 Å². The molecule has 2 aliphatic heterocycles. The summed E-state index contributed by atoms with van der Waals surface area (Å²) < 4.78 is 0. The Kier molecular flexibility index (Phi) is 6.26. The van der Waals surface area contributed by atoms with Crippen molar-refractivity contribution in [2.75, 3.05) is 50.7 Å². The summed E-state index contributed by atoms with van der Waals surface area (Å²) in [6, 6.07) is 7.81. The number of nitrogens with two attached hydrogens (primary N) is 1. The molecule has 2 aromatic rings. The molecule has 2 saturated heterocycles. The molecule has 1 aromatic heterocycles. The number of hydrogen-bond donors (Lipinski definition) is 2. The Morgan fingerprint density at radius 3 is 2.55 bits per heavy atom. The van der Waals surface area contributed by atoms with Gasteiger partial charge in [0.05, 0.1) is 17.7 Å². The second-order valence-corrected chi connectivity index (χ2v) is 9.98. The van der Waals surface area contributed by atoms with E-state index < -0.39 is 6.10 Å². The van der Waals surface area contributed by atoms with Crippen molar-refractivity contribution in [2.45, 2.75) is 37.3 Å². The van der Waals surface area contributed by atoms with Gasteiger partial charge in [-0.1, -0.05) is 30.7 Å². The van der Waals surface area contributed by atoms with Crippen molar-refractivity contribution in [1.82, 2.24) is 19.8 Å². The Morgan fingerprint density at radius 2 is 1.88 bits per heavy atom. The minimum atomic E-state index is -0.519. The Bertz CT molecular complexity index is 1000. The average Bonchev–Trinajstić information content (AvgIpc) is 3.10. The number of piperazine rings is 1. The fourth-order valence-corrected chi connectivity index (χ4v) is 5.48. The molecule has 0 saturated carbocycles. The molecule has 2 fully saturated rings. The van der Waals surface area contributed by atoms with Crippen LogP contribution in [0.3, 0.4) is 0 Å². The lowest BCUT2D eigenvalue weighted by molar-refractivity contribution is -0.134. The van der Waals surface area contributed by atoms with Gasteiger partial charge in [-0.15, -0.1) is 0 Å². The molecule has 33 heavy (non-hydrogen) atoms. The number of hydrogen-bond acceptors (Lipinski definition) is 7. The third-order valence-electron chi connectivity index (χ3n) is 7.17. The topological polar surface area (TPSA) is 98.8 Å². The molecule has 176 valence electrons. The van der Waals surface area contributed by atoms with Crippen LogP contribution in [0.1, 0.15) is 48.1 Å². The number of anilines is 1. The minimum Gasteiger partial charge on any atom is -0.387 e. The van der Waals surface area contributed by atoms with Gasteiger partial charge in [0, 0.05) is 62.4 Å². The Balaban J connectivity index is 1.29. The van der Waals surface area contributed by atoms with Crippen molar-refractivity contribution in [3.05, 3.63) is 52.4 Å². The fraction of sp³-hybridized carbons (Fsp3) is 0.542. The van der Waals surface area contributed by atoms with Gasteiger partial charge >= 0.3 is 0 Å². The van der Waals surface area contributed by atoms with Crippen LogP contribution in [0.2, 0.25) is 5.02 Å². The summed E-state index contributed by atoms with van der Waals surface area (Å²) in [5.74, 6) is 1.04. The first-order valence-electron chi connectivity index (χ1n) is 11.7. The SMILES string of the molecule is C[C@@H]1C[C@@H](O)c2ncnc(N3CCN(C(=O)[C@H](CN4CC(N)C4)c4ccc(Cl)cc4)CC3)c21. The van der Waals surface area contributed by atoms with E-state index in [1.54, 1.807) is 6.33 Å². The van der Waals surface area contributed by atoms with E-state index in [1.807, 2.05) is 29.2 Å². The standard InChI is InChI=1S/C24H31ClN6O2/c1-15-10-20(32)22-21(15)23(28-14-27-22)30-6-8-31(9-7-30)24(33)19(13-29-11-18(26)12-29)16-2-4-17(25)5-3-16/h2-5,14-15,18-20,32H,6-13,26H2,1H3/t15-,19-,20-/m1/s1. The summed E-state index contributed by atoms with van der Waals surface area (Å²) in [4.78, 5) is 28.9. The van der Waals surface area contributed by atoms with Crippen LogP contribution in [0.4, 0.5) is 5.82 Å². The van der Waals surface area contributed by atoms with E-state index in [0.717, 1.165) is 35.7 Å². The number of likely N-dealkylation sites (tertiary alicyclic amines) is 1. The van der Waals surface area contributed by atoms with Crippen molar-refractivity contribution in [1.29, 1.82) is 0 Å². The van der Waals surface area contributed by atoms with Crippen molar-refractivity contribution in [3.8, 4) is 0 Å². The second-order valence-electron chi connectivity index (χ2n) is 9.54. The lowest BCUT2D eigenvalue weighted by Gasteiger charge is -2.41. The van der Waals surface area contributed by atoms with E-state index in [2.05, 4.69) is 26.7 Å². The number of aromatic nitrogens is 2. The number of nitrogens with zero attached hydrogens (tertiary/aromatic N) is 5. The predicted octanol–water partition coefficient (Wildman–Crippen LogP) is 1.75. The van der Waals surface area contributed by atoms with E-state index in [4.69, 9.17) is 17.3 Å². The number of halogens is 1. The first-order valence-corrected chi connectivity index (χ1v) is 12.1. The summed E-state index contributed by atoms with van der Waals surface area (Å²) in [5.41, 5.74) is 8.76. The molecule has 3 aliphatic rings. The summed E-state index contributed by atoms with van der Waals surface area (Å²) in [6.07, 6.45) is 1.71. The van der Waals surface area contributed by atoms with Crippen molar-refractivity contribution in [2.24, 2.45) is 5.73 Å². The van der Waals surface area contributed by atoms with E-state index in [-0.39, 0.29) is 23.8 Å². The number of rotatable bonds is 5. The Hall–Kier alpha value is -2.26. The molecule has 0 radical (unpaired) electrons. The molecule has 0 unspecified atom stereocenters. The third-order valence-corrected chi connectivity index (χ3v) is 7.42. The average molecular weight is 471 g/mol. The number of aliphatic hydroxyl groups is 1. The number of aliphatic hydroxyl groups excluding tert-OH is 1. The molecule has 0 bridgehead atoms. The highest BCUT2D eigenvalue weighted by molar-refractivity contribution is 6.30. The van der Waals surface area contributed by atoms with Crippen LogP contribution in [0.25, 0.3) is 0 Å². The van der Waals surface area contributed by atoms with E-state index in [9.17, 15) is 9.90 Å². The van der Waals surface area contributed by atoms with Crippen molar-refractivity contribution >= 4 is 23.3 Å². The van der Waals surface area contributed by atoms with Gasteiger partial charge in [-0.2, -0.15) is 0 Å². The number of fused-ring (bicyclic) bond motifs is 1. The third kappa shape index (κ3) is 4.45. The van der Waals surface area contributed by atoms with E-state index in [0.29, 0.717) is 44.2 Å². The van der Waals surface area contributed by atoms with Crippen LogP contribution in [0.5, 0.6) is 0 Å². The first kappa shape index (κ1) is 22.5. The molecule has 1 amide bonds. The van der Waals surface area contributed by atoms with Crippen LogP contribution >= 0.6 is 11.6 Å². The molecule has 3 N–H and O–H groups in total.